The number of Topliss-reactive ketones (excluding diaryl/α,β-unsaturated/α-hetero) is 1. The van der Waals surface area contributed by atoms with Crippen LogP contribution in [0.4, 0.5) is 0 Å². The fourth-order valence-corrected chi connectivity index (χ4v) is 4.53. The first-order valence-electron chi connectivity index (χ1n) is 9.74. The summed E-state index contributed by atoms with van der Waals surface area (Å²) >= 11 is 1.31. The van der Waals surface area contributed by atoms with Gasteiger partial charge in [-0.05, 0) is 55.5 Å². The number of ketones is 1. The van der Waals surface area contributed by atoms with Crippen molar-refractivity contribution in [3.05, 3.63) is 57.7 Å². The molecule has 0 fully saturated rings. The lowest BCUT2D eigenvalue weighted by Crippen LogP contribution is -2.14. The van der Waals surface area contributed by atoms with E-state index in [0.717, 1.165) is 42.5 Å². The Bertz CT molecular complexity index is 1130. The van der Waals surface area contributed by atoms with Gasteiger partial charge in [-0.15, -0.1) is 11.3 Å². The molecule has 1 aliphatic carbocycles. The van der Waals surface area contributed by atoms with E-state index in [1.807, 2.05) is 23.6 Å². The summed E-state index contributed by atoms with van der Waals surface area (Å²) in [6.45, 7) is 0. The maximum Gasteiger partial charge on any atom is 0.188 e. The maximum absolute atomic E-state index is 13.1. The lowest BCUT2D eigenvalue weighted by Gasteiger charge is -2.15. The van der Waals surface area contributed by atoms with Crippen molar-refractivity contribution >= 4 is 17.1 Å². The van der Waals surface area contributed by atoms with Gasteiger partial charge in [0.15, 0.2) is 23.2 Å². The lowest BCUT2D eigenvalue weighted by atomic mass is 9.92. The van der Waals surface area contributed by atoms with Gasteiger partial charge < -0.3 is 9.47 Å². The smallest absolute Gasteiger partial charge is 0.188 e. The number of benzene rings is 1. The molecule has 4 rings (SSSR count). The second kappa shape index (κ2) is 8.64. The van der Waals surface area contributed by atoms with Gasteiger partial charge in [-0.25, -0.2) is 4.98 Å². The van der Waals surface area contributed by atoms with Gasteiger partial charge in [-0.3, -0.25) is 9.78 Å². The van der Waals surface area contributed by atoms with Crippen molar-refractivity contribution in [2.24, 2.45) is 0 Å². The van der Waals surface area contributed by atoms with Crippen molar-refractivity contribution in [2.75, 3.05) is 14.2 Å². The third-order valence-corrected chi connectivity index (χ3v) is 6.20. The standard InChI is InChI=1S/C23H21N3O3S/c1-28-20-8-7-15(10-21(20)29-2)19-13-30-23(26-19)17(11-24)22(27)16-9-14-5-3-4-6-18(14)25-12-16/h7-10,12-13,17H,3-6H2,1-2H3. The van der Waals surface area contributed by atoms with E-state index in [2.05, 4.69) is 16.0 Å². The number of rotatable bonds is 6. The molecule has 1 aromatic carbocycles. The van der Waals surface area contributed by atoms with Gasteiger partial charge in [0, 0.05) is 28.4 Å². The second-order valence-electron chi connectivity index (χ2n) is 7.10. The molecule has 0 saturated heterocycles. The summed E-state index contributed by atoms with van der Waals surface area (Å²) in [4.78, 5) is 22.1. The Balaban J connectivity index is 1.61. The molecule has 0 aliphatic heterocycles. The maximum atomic E-state index is 13.1. The molecule has 7 heteroatoms. The van der Waals surface area contributed by atoms with E-state index >= 15 is 0 Å². The van der Waals surface area contributed by atoms with E-state index in [4.69, 9.17) is 9.47 Å². The number of ether oxygens (including phenoxy) is 2. The highest BCUT2D eigenvalue weighted by molar-refractivity contribution is 7.10. The third kappa shape index (κ3) is 3.79. The molecule has 2 aromatic heterocycles. The zero-order valence-corrected chi connectivity index (χ0v) is 17.7. The van der Waals surface area contributed by atoms with Crippen molar-refractivity contribution in [2.45, 2.75) is 31.6 Å². The SMILES string of the molecule is COc1ccc(-c2csc(C(C#N)C(=O)c3cnc4c(c3)CCCC4)n2)cc1OC. The van der Waals surface area contributed by atoms with E-state index in [0.29, 0.717) is 27.8 Å². The molecule has 2 heterocycles. The van der Waals surface area contributed by atoms with E-state index < -0.39 is 5.92 Å². The summed E-state index contributed by atoms with van der Waals surface area (Å²) in [5.74, 6) is 0.0122. The molecule has 0 radical (unpaired) electrons. The van der Waals surface area contributed by atoms with Crippen LogP contribution in [-0.2, 0) is 12.8 Å². The minimum atomic E-state index is -0.952. The molecule has 1 aliphatic rings. The van der Waals surface area contributed by atoms with Crippen LogP contribution in [0.2, 0.25) is 0 Å². The minimum absolute atomic E-state index is 0.258. The third-order valence-electron chi connectivity index (χ3n) is 5.29. The monoisotopic (exact) mass is 419 g/mol. The molecule has 0 N–H and O–H groups in total. The number of aromatic nitrogens is 2. The summed E-state index contributed by atoms with van der Waals surface area (Å²) in [7, 11) is 3.16. The largest absolute Gasteiger partial charge is 0.493 e. The van der Waals surface area contributed by atoms with Crippen molar-refractivity contribution in [3.8, 4) is 28.8 Å². The topological polar surface area (TPSA) is 85.1 Å². The molecule has 6 nitrogen and oxygen atoms in total. The fraction of sp³-hybridized carbons (Fsp3) is 0.304. The van der Waals surface area contributed by atoms with Crippen LogP contribution < -0.4 is 9.47 Å². The number of pyridine rings is 1. The van der Waals surface area contributed by atoms with Gasteiger partial charge in [0.25, 0.3) is 0 Å². The zero-order valence-electron chi connectivity index (χ0n) is 16.8. The van der Waals surface area contributed by atoms with Crippen LogP contribution in [0.25, 0.3) is 11.3 Å². The molecule has 152 valence electrons. The first-order valence-corrected chi connectivity index (χ1v) is 10.6. The van der Waals surface area contributed by atoms with Crippen molar-refractivity contribution in [3.63, 3.8) is 0 Å². The van der Waals surface area contributed by atoms with Crippen LogP contribution in [0.1, 0.15) is 45.4 Å². The van der Waals surface area contributed by atoms with Gasteiger partial charge in [0.05, 0.1) is 26.0 Å². The zero-order chi connectivity index (χ0) is 21.1. The van der Waals surface area contributed by atoms with Gasteiger partial charge in [-0.1, -0.05) is 0 Å². The van der Waals surface area contributed by atoms with Gasteiger partial charge in [0.2, 0.25) is 0 Å². The summed E-state index contributed by atoms with van der Waals surface area (Å²) in [5, 5.41) is 12.0. The highest BCUT2D eigenvalue weighted by Crippen LogP contribution is 2.34. The Kier molecular flexibility index (Phi) is 5.77. The number of nitriles is 1. The molecule has 0 saturated carbocycles. The molecule has 0 amide bonds. The molecule has 1 atom stereocenters. The molecule has 3 aromatic rings. The van der Waals surface area contributed by atoms with Gasteiger partial charge >= 0.3 is 0 Å². The number of carbonyl (C=O) groups excluding carboxylic acids is 1. The van der Waals surface area contributed by atoms with E-state index in [-0.39, 0.29) is 5.78 Å². The van der Waals surface area contributed by atoms with Crippen LogP contribution in [-0.4, -0.2) is 30.0 Å². The van der Waals surface area contributed by atoms with Crippen LogP contribution >= 0.6 is 11.3 Å². The number of methoxy groups -OCH3 is 2. The molecule has 0 bridgehead atoms. The predicted molar refractivity (Wildman–Crippen MR) is 114 cm³/mol. The number of carbonyl (C=O) groups is 1. The van der Waals surface area contributed by atoms with Crippen LogP contribution in [0.5, 0.6) is 11.5 Å². The average molecular weight is 420 g/mol. The number of aryl methyl sites for hydroxylation is 2. The number of thiazole rings is 1. The molecule has 1 unspecified atom stereocenters. The van der Waals surface area contributed by atoms with Gasteiger partial charge in [-0.2, -0.15) is 5.26 Å². The summed E-state index contributed by atoms with van der Waals surface area (Å²) in [6.07, 6.45) is 5.72. The Morgan fingerprint density at radius 3 is 2.73 bits per heavy atom. The van der Waals surface area contributed by atoms with Crippen LogP contribution in [0.3, 0.4) is 0 Å². The fourth-order valence-electron chi connectivity index (χ4n) is 3.66. The van der Waals surface area contributed by atoms with Crippen LogP contribution in [0.15, 0.2) is 35.8 Å². The Labute approximate surface area is 179 Å². The quantitative estimate of drug-likeness (QED) is 0.543. The second-order valence-corrected chi connectivity index (χ2v) is 7.99. The lowest BCUT2D eigenvalue weighted by molar-refractivity contribution is 0.0978. The average Bonchev–Trinajstić information content (AvgIpc) is 3.28. The number of nitrogens with zero attached hydrogens (tertiary/aromatic N) is 3. The normalized spacial score (nSPS) is 13.8. The Hall–Kier alpha value is -3.24. The molecular weight excluding hydrogens is 398 g/mol. The van der Waals surface area contributed by atoms with Crippen molar-refractivity contribution in [1.29, 1.82) is 5.26 Å². The highest BCUT2D eigenvalue weighted by atomic mass is 32.1. The van der Waals surface area contributed by atoms with Crippen LogP contribution in [0, 0.1) is 11.3 Å². The number of hydrogen-bond donors (Lipinski definition) is 0. The number of fused-ring (bicyclic) bond motifs is 1. The minimum Gasteiger partial charge on any atom is -0.493 e. The van der Waals surface area contributed by atoms with E-state index in [1.165, 1.54) is 11.3 Å². The summed E-state index contributed by atoms with van der Waals surface area (Å²) < 4.78 is 10.6. The van der Waals surface area contributed by atoms with E-state index in [9.17, 15) is 10.1 Å². The molecule has 0 spiro atoms. The Morgan fingerprint density at radius 2 is 1.97 bits per heavy atom. The first kappa shape index (κ1) is 20.0. The molecular formula is C23H21N3O3S. The number of hydrogen-bond acceptors (Lipinski definition) is 7. The predicted octanol–water partition coefficient (Wildman–Crippen LogP) is 4.59. The first-order chi connectivity index (χ1) is 14.6. The highest BCUT2D eigenvalue weighted by Gasteiger charge is 2.26. The van der Waals surface area contributed by atoms with Crippen molar-refractivity contribution in [1.82, 2.24) is 9.97 Å². The summed E-state index contributed by atoms with van der Waals surface area (Å²) in [6, 6.07) is 9.53. The summed E-state index contributed by atoms with van der Waals surface area (Å²) in [5.41, 5.74) is 4.18. The van der Waals surface area contributed by atoms with Gasteiger partial charge in [0.1, 0.15) is 5.01 Å². The van der Waals surface area contributed by atoms with E-state index in [1.54, 1.807) is 26.5 Å². The Morgan fingerprint density at radius 1 is 1.17 bits per heavy atom. The van der Waals surface area contributed by atoms with Crippen molar-refractivity contribution < 1.29 is 14.3 Å². The molecule has 30 heavy (non-hydrogen) atoms.